The molecule has 0 aliphatic rings. The van der Waals surface area contributed by atoms with E-state index in [0.29, 0.717) is 6.61 Å². The van der Waals surface area contributed by atoms with E-state index in [9.17, 15) is 13.2 Å². The molecule has 14 heavy (non-hydrogen) atoms. The van der Waals surface area contributed by atoms with E-state index in [1.54, 1.807) is 6.92 Å². The maximum atomic E-state index is 12.7. The van der Waals surface area contributed by atoms with Crippen molar-refractivity contribution < 1.29 is 18.0 Å². The summed E-state index contributed by atoms with van der Waals surface area (Å²) in [5.74, 6) is -3.85. The lowest BCUT2D eigenvalue weighted by atomic mass is 10.2. The molecule has 0 radical (unpaired) electrons. The van der Waals surface area contributed by atoms with Gasteiger partial charge in [-0.2, -0.15) is 5.48 Å². The summed E-state index contributed by atoms with van der Waals surface area (Å²) < 4.78 is 37.8. The molecule has 0 aliphatic heterocycles. The van der Waals surface area contributed by atoms with Gasteiger partial charge in [0.1, 0.15) is 0 Å². The van der Waals surface area contributed by atoms with E-state index in [1.165, 1.54) is 0 Å². The van der Waals surface area contributed by atoms with E-state index in [2.05, 4.69) is 5.48 Å². The molecule has 0 saturated heterocycles. The first-order valence-corrected chi connectivity index (χ1v) is 4.13. The fourth-order valence-corrected chi connectivity index (χ4v) is 0.946. The molecule has 0 aliphatic carbocycles. The third-order valence-corrected chi connectivity index (χ3v) is 1.57. The maximum Gasteiger partial charge on any atom is 0.194 e. The number of rotatable bonds is 4. The predicted molar refractivity (Wildman–Crippen MR) is 44.8 cm³/mol. The highest BCUT2D eigenvalue weighted by Gasteiger charge is 2.09. The van der Waals surface area contributed by atoms with Crippen LogP contribution in [0, 0.1) is 17.5 Å². The zero-order valence-corrected chi connectivity index (χ0v) is 7.61. The average Bonchev–Trinajstić information content (AvgIpc) is 2.14. The third-order valence-electron chi connectivity index (χ3n) is 1.57. The van der Waals surface area contributed by atoms with E-state index in [0.717, 1.165) is 12.1 Å². The molecule has 1 aromatic carbocycles. The highest BCUT2D eigenvalue weighted by molar-refractivity contribution is 5.19. The molecule has 0 spiro atoms. The molecule has 1 N–H and O–H groups in total. The Kier molecular flexibility index (Phi) is 3.91. The van der Waals surface area contributed by atoms with Crippen molar-refractivity contribution in [2.45, 2.75) is 13.5 Å². The molecule has 5 heteroatoms. The highest BCUT2D eigenvalue weighted by Crippen LogP contribution is 2.13. The van der Waals surface area contributed by atoms with Crippen molar-refractivity contribution in [1.82, 2.24) is 5.48 Å². The highest BCUT2D eigenvalue weighted by atomic mass is 19.2. The Morgan fingerprint density at radius 1 is 1.21 bits per heavy atom. The molecule has 0 heterocycles. The summed E-state index contributed by atoms with van der Waals surface area (Å²) in [4.78, 5) is 4.76. The van der Waals surface area contributed by atoms with Gasteiger partial charge in [-0.05, 0) is 24.6 Å². The van der Waals surface area contributed by atoms with E-state index in [4.69, 9.17) is 4.84 Å². The molecule has 0 bridgehead atoms. The van der Waals surface area contributed by atoms with E-state index < -0.39 is 17.5 Å². The van der Waals surface area contributed by atoms with Gasteiger partial charge in [0.2, 0.25) is 0 Å². The number of benzene rings is 1. The van der Waals surface area contributed by atoms with Gasteiger partial charge in [-0.25, -0.2) is 13.2 Å². The number of nitrogens with one attached hydrogen (secondary N) is 1. The van der Waals surface area contributed by atoms with Crippen molar-refractivity contribution >= 4 is 0 Å². The normalized spacial score (nSPS) is 10.6. The number of halogens is 3. The smallest absolute Gasteiger partial charge is 0.194 e. The van der Waals surface area contributed by atoms with Gasteiger partial charge in [0.05, 0.1) is 6.61 Å². The number of hydrogen-bond acceptors (Lipinski definition) is 2. The standard InChI is InChI=1S/C9H10F3NO/c1-2-14-13-5-6-3-7(10)9(12)8(11)4-6/h3-4,13H,2,5H2,1H3. The lowest BCUT2D eigenvalue weighted by Crippen LogP contribution is -2.14. The Bertz CT molecular complexity index is 294. The van der Waals surface area contributed by atoms with Crippen LogP contribution in [0.5, 0.6) is 0 Å². The van der Waals surface area contributed by atoms with Gasteiger partial charge < -0.3 is 4.84 Å². The lowest BCUT2D eigenvalue weighted by molar-refractivity contribution is 0.0462. The Labute approximate surface area is 79.6 Å². The molecule has 0 unspecified atom stereocenters. The second-order valence-corrected chi connectivity index (χ2v) is 2.63. The number of hydrogen-bond donors (Lipinski definition) is 1. The van der Waals surface area contributed by atoms with E-state index in [1.807, 2.05) is 0 Å². The molecule has 0 amide bonds. The summed E-state index contributed by atoms with van der Waals surface area (Å²) in [6.07, 6.45) is 0. The molecule has 78 valence electrons. The first kappa shape index (κ1) is 11.0. The zero-order chi connectivity index (χ0) is 10.6. The molecule has 0 aromatic heterocycles. The van der Waals surface area contributed by atoms with Crippen molar-refractivity contribution in [2.24, 2.45) is 0 Å². The summed E-state index contributed by atoms with van der Waals surface area (Å²) in [5, 5.41) is 0. The zero-order valence-electron chi connectivity index (χ0n) is 7.61. The van der Waals surface area contributed by atoms with Crippen LogP contribution >= 0.6 is 0 Å². The Hall–Kier alpha value is -1.07. The predicted octanol–water partition coefficient (Wildman–Crippen LogP) is 2.15. The van der Waals surface area contributed by atoms with Crippen LogP contribution in [0.1, 0.15) is 12.5 Å². The first-order chi connectivity index (χ1) is 6.65. The molecule has 0 fully saturated rings. The van der Waals surface area contributed by atoms with E-state index in [-0.39, 0.29) is 12.1 Å². The quantitative estimate of drug-likeness (QED) is 0.462. The van der Waals surface area contributed by atoms with Gasteiger partial charge in [-0.1, -0.05) is 0 Å². The van der Waals surface area contributed by atoms with Crippen molar-refractivity contribution in [3.8, 4) is 0 Å². The van der Waals surface area contributed by atoms with Gasteiger partial charge >= 0.3 is 0 Å². The van der Waals surface area contributed by atoms with Crippen LogP contribution in [0.3, 0.4) is 0 Å². The molecule has 0 atom stereocenters. The molecular formula is C9H10F3NO. The van der Waals surface area contributed by atoms with Gasteiger partial charge in [0.15, 0.2) is 17.5 Å². The van der Waals surface area contributed by atoms with Crippen LogP contribution < -0.4 is 5.48 Å². The second-order valence-electron chi connectivity index (χ2n) is 2.63. The summed E-state index contributed by atoms with van der Waals surface area (Å²) in [6.45, 7) is 2.33. The second kappa shape index (κ2) is 4.97. The van der Waals surface area contributed by atoms with Gasteiger partial charge in [0, 0.05) is 6.54 Å². The van der Waals surface area contributed by atoms with Crippen LogP contribution in [0.15, 0.2) is 12.1 Å². The Balaban J connectivity index is 2.69. The SMILES string of the molecule is CCONCc1cc(F)c(F)c(F)c1. The third kappa shape index (κ3) is 2.71. The molecule has 2 nitrogen and oxygen atoms in total. The molecule has 0 saturated carbocycles. The van der Waals surface area contributed by atoms with Crippen LogP contribution in [0.4, 0.5) is 13.2 Å². The minimum absolute atomic E-state index is 0.127. The Morgan fingerprint density at radius 3 is 2.29 bits per heavy atom. The van der Waals surface area contributed by atoms with Crippen molar-refractivity contribution in [2.75, 3.05) is 6.61 Å². The average molecular weight is 205 g/mol. The molecule has 1 aromatic rings. The maximum absolute atomic E-state index is 12.7. The summed E-state index contributed by atoms with van der Waals surface area (Å²) in [6, 6.07) is 1.84. The largest absolute Gasteiger partial charge is 0.302 e. The van der Waals surface area contributed by atoms with Crippen LogP contribution in [-0.4, -0.2) is 6.61 Å². The minimum Gasteiger partial charge on any atom is -0.302 e. The van der Waals surface area contributed by atoms with Crippen molar-refractivity contribution in [1.29, 1.82) is 0 Å². The fourth-order valence-electron chi connectivity index (χ4n) is 0.946. The van der Waals surface area contributed by atoms with E-state index >= 15 is 0 Å². The molecular weight excluding hydrogens is 195 g/mol. The summed E-state index contributed by atoms with van der Waals surface area (Å²) >= 11 is 0. The van der Waals surface area contributed by atoms with Crippen LogP contribution in [0.2, 0.25) is 0 Å². The first-order valence-electron chi connectivity index (χ1n) is 4.13. The lowest BCUT2D eigenvalue weighted by Gasteiger charge is -2.04. The van der Waals surface area contributed by atoms with Crippen molar-refractivity contribution in [3.63, 3.8) is 0 Å². The van der Waals surface area contributed by atoms with Gasteiger partial charge in [0.25, 0.3) is 0 Å². The number of hydroxylamine groups is 1. The fraction of sp³-hybridized carbons (Fsp3) is 0.333. The summed E-state index contributed by atoms with van der Waals surface area (Å²) in [5.41, 5.74) is 2.76. The summed E-state index contributed by atoms with van der Waals surface area (Å²) in [7, 11) is 0. The van der Waals surface area contributed by atoms with Crippen molar-refractivity contribution in [3.05, 3.63) is 35.1 Å². The van der Waals surface area contributed by atoms with Gasteiger partial charge in [-0.15, -0.1) is 0 Å². The Morgan fingerprint density at radius 2 is 1.79 bits per heavy atom. The van der Waals surface area contributed by atoms with Crippen LogP contribution in [0.25, 0.3) is 0 Å². The van der Waals surface area contributed by atoms with Crippen LogP contribution in [-0.2, 0) is 11.4 Å². The minimum atomic E-state index is -1.45. The van der Waals surface area contributed by atoms with Gasteiger partial charge in [-0.3, -0.25) is 0 Å². The topological polar surface area (TPSA) is 21.3 Å². The monoisotopic (exact) mass is 205 g/mol. The molecule has 1 rings (SSSR count).